The Kier molecular flexibility index (Phi) is 10.1. The molecule has 0 unspecified atom stereocenters. The third-order valence-electron chi connectivity index (χ3n) is 4.69. The largest absolute Gasteiger partial charge is 0.490 e. The average Bonchev–Trinajstić information content (AvgIpc) is 2.73. The monoisotopic (exact) mass is 418 g/mol. The maximum atomic E-state index is 10.2. The van der Waals surface area contributed by atoms with Crippen LogP contribution in [-0.2, 0) is 0 Å². The van der Waals surface area contributed by atoms with Gasteiger partial charge in [-0.2, -0.15) is 0 Å². The normalized spacial score (nSPS) is 13.5. The lowest BCUT2D eigenvalue weighted by atomic mass is 10.0. The SMILES string of the molecule is CC(C)[NH2+]C[C@H](O)COc1ccccc1-c1ccccc1OC[C@@H](O)C[NH2+]C(C)C. The van der Waals surface area contributed by atoms with Gasteiger partial charge >= 0.3 is 0 Å². The van der Waals surface area contributed by atoms with E-state index in [1.54, 1.807) is 0 Å². The van der Waals surface area contributed by atoms with Gasteiger partial charge in [-0.1, -0.05) is 36.4 Å². The third-order valence-corrected chi connectivity index (χ3v) is 4.69. The minimum Gasteiger partial charge on any atom is -0.490 e. The van der Waals surface area contributed by atoms with Crippen molar-refractivity contribution in [3.05, 3.63) is 48.5 Å². The molecule has 0 aromatic heterocycles. The summed E-state index contributed by atoms with van der Waals surface area (Å²) in [5.74, 6) is 1.40. The van der Waals surface area contributed by atoms with E-state index >= 15 is 0 Å². The summed E-state index contributed by atoms with van der Waals surface area (Å²) in [5.41, 5.74) is 1.80. The van der Waals surface area contributed by atoms with Gasteiger partial charge in [0.1, 0.15) is 50.0 Å². The molecule has 0 radical (unpaired) electrons. The highest BCUT2D eigenvalue weighted by molar-refractivity contribution is 5.75. The van der Waals surface area contributed by atoms with Crippen LogP contribution in [0.3, 0.4) is 0 Å². The summed E-state index contributed by atoms with van der Waals surface area (Å²) in [5, 5.41) is 24.6. The van der Waals surface area contributed by atoms with Crippen molar-refractivity contribution in [2.24, 2.45) is 0 Å². The van der Waals surface area contributed by atoms with Crippen molar-refractivity contribution < 1.29 is 30.3 Å². The maximum Gasteiger partial charge on any atom is 0.137 e. The van der Waals surface area contributed by atoms with E-state index in [1.165, 1.54) is 0 Å². The van der Waals surface area contributed by atoms with E-state index < -0.39 is 12.2 Å². The fourth-order valence-corrected chi connectivity index (χ4v) is 3.00. The van der Waals surface area contributed by atoms with E-state index in [9.17, 15) is 10.2 Å². The number of ether oxygens (including phenoxy) is 2. The summed E-state index contributed by atoms with van der Waals surface area (Å²) in [4.78, 5) is 0. The molecule has 0 aliphatic carbocycles. The van der Waals surface area contributed by atoms with Crippen LogP contribution in [0.4, 0.5) is 0 Å². The minimum atomic E-state index is -0.542. The molecule has 30 heavy (non-hydrogen) atoms. The van der Waals surface area contributed by atoms with Crippen molar-refractivity contribution in [1.29, 1.82) is 0 Å². The highest BCUT2D eigenvalue weighted by atomic mass is 16.5. The van der Waals surface area contributed by atoms with Gasteiger partial charge in [0.05, 0.1) is 12.1 Å². The zero-order valence-electron chi connectivity index (χ0n) is 18.6. The number of para-hydroxylation sites is 2. The standard InChI is InChI=1S/C24H36N2O4/c1-17(2)25-13-19(27)15-29-23-11-7-5-9-21(23)22-10-6-8-12-24(22)30-16-20(28)14-26-18(3)4/h5-12,17-20,25-28H,13-16H2,1-4H3/p+2/t19-,20-/m0/s1. The number of aliphatic hydroxyl groups excluding tert-OH is 2. The van der Waals surface area contributed by atoms with Gasteiger partial charge in [0.15, 0.2) is 0 Å². The van der Waals surface area contributed by atoms with Gasteiger partial charge in [-0.05, 0) is 39.8 Å². The summed E-state index contributed by atoms with van der Waals surface area (Å²) in [6.07, 6.45) is -1.08. The lowest BCUT2D eigenvalue weighted by Gasteiger charge is -2.18. The number of hydrogen-bond donors (Lipinski definition) is 4. The highest BCUT2D eigenvalue weighted by Crippen LogP contribution is 2.36. The van der Waals surface area contributed by atoms with E-state index in [4.69, 9.17) is 9.47 Å². The molecule has 6 N–H and O–H groups in total. The van der Waals surface area contributed by atoms with Crippen LogP contribution >= 0.6 is 0 Å². The predicted octanol–water partition coefficient (Wildman–Crippen LogP) is 0.777. The molecule has 2 aromatic carbocycles. The molecule has 6 heteroatoms. The van der Waals surface area contributed by atoms with E-state index in [0.717, 1.165) is 11.1 Å². The number of rotatable bonds is 13. The Morgan fingerprint density at radius 3 is 1.40 bits per heavy atom. The molecule has 0 aliphatic heterocycles. The first-order chi connectivity index (χ1) is 14.4. The lowest BCUT2D eigenvalue weighted by Crippen LogP contribution is -2.90. The molecule has 166 valence electrons. The number of nitrogens with two attached hydrogens (primary N) is 2. The van der Waals surface area contributed by atoms with Gasteiger partial charge in [-0.25, -0.2) is 0 Å². The van der Waals surface area contributed by atoms with Crippen molar-refractivity contribution in [3.63, 3.8) is 0 Å². The van der Waals surface area contributed by atoms with E-state index in [0.29, 0.717) is 36.7 Å². The first-order valence-electron chi connectivity index (χ1n) is 10.8. The molecular formula is C24H38N2O4+2. The fraction of sp³-hybridized carbons (Fsp3) is 0.500. The van der Waals surface area contributed by atoms with Crippen molar-refractivity contribution in [2.45, 2.75) is 52.0 Å². The second-order valence-corrected chi connectivity index (χ2v) is 8.35. The molecule has 0 aliphatic rings. The lowest BCUT2D eigenvalue weighted by molar-refractivity contribution is -0.688. The van der Waals surface area contributed by atoms with Gasteiger partial charge < -0.3 is 30.3 Å². The Bertz CT molecular complexity index is 688. The topological polar surface area (TPSA) is 92.1 Å². The average molecular weight is 419 g/mol. The molecule has 0 saturated heterocycles. The molecule has 0 saturated carbocycles. The summed E-state index contributed by atoms with van der Waals surface area (Å²) >= 11 is 0. The van der Waals surface area contributed by atoms with E-state index in [-0.39, 0.29) is 13.2 Å². The van der Waals surface area contributed by atoms with Crippen molar-refractivity contribution in [1.82, 2.24) is 0 Å². The molecule has 0 fully saturated rings. The van der Waals surface area contributed by atoms with Crippen LogP contribution in [-0.4, -0.2) is 60.8 Å². The van der Waals surface area contributed by atoms with Crippen LogP contribution < -0.4 is 20.1 Å². The van der Waals surface area contributed by atoms with E-state index in [2.05, 4.69) is 38.3 Å². The van der Waals surface area contributed by atoms with Crippen LogP contribution in [0.25, 0.3) is 11.1 Å². The third kappa shape index (κ3) is 8.32. The highest BCUT2D eigenvalue weighted by Gasteiger charge is 2.15. The summed E-state index contributed by atoms with van der Waals surface area (Å²) in [6, 6.07) is 16.4. The summed E-state index contributed by atoms with van der Waals surface area (Å²) in [7, 11) is 0. The fourth-order valence-electron chi connectivity index (χ4n) is 3.00. The molecule has 2 atom stereocenters. The molecule has 6 nitrogen and oxygen atoms in total. The Morgan fingerprint density at radius 2 is 1.03 bits per heavy atom. The molecular weight excluding hydrogens is 380 g/mol. The second kappa shape index (κ2) is 12.5. The van der Waals surface area contributed by atoms with Gasteiger partial charge in [0.25, 0.3) is 0 Å². The number of aliphatic hydroxyl groups is 2. The van der Waals surface area contributed by atoms with Gasteiger partial charge in [0.2, 0.25) is 0 Å². The van der Waals surface area contributed by atoms with Crippen molar-refractivity contribution in [2.75, 3.05) is 26.3 Å². The van der Waals surface area contributed by atoms with Crippen LogP contribution in [0.15, 0.2) is 48.5 Å². The van der Waals surface area contributed by atoms with Gasteiger partial charge in [-0.15, -0.1) is 0 Å². The zero-order chi connectivity index (χ0) is 21.9. The number of hydrogen-bond acceptors (Lipinski definition) is 4. The summed E-state index contributed by atoms with van der Waals surface area (Å²) in [6.45, 7) is 10.0. The second-order valence-electron chi connectivity index (χ2n) is 8.35. The molecule has 2 rings (SSSR count). The molecule has 0 heterocycles. The first-order valence-corrected chi connectivity index (χ1v) is 10.8. The van der Waals surface area contributed by atoms with E-state index in [1.807, 2.05) is 48.5 Å². The number of quaternary nitrogens is 2. The first kappa shape index (κ1) is 24.2. The summed E-state index contributed by atoms with van der Waals surface area (Å²) < 4.78 is 11.9. The molecule has 2 aromatic rings. The van der Waals surface area contributed by atoms with Crippen LogP contribution in [0.5, 0.6) is 11.5 Å². The van der Waals surface area contributed by atoms with Crippen molar-refractivity contribution in [3.8, 4) is 22.6 Å². The maximum absolute atomic E-state index is 10.2. The van der Waals surface area contributed by atoms with Crippen LogP contribution in [0.1, 0.15) is 27.7 Å². The van der Waals surface area contributed by atoms with Crippen LogP contribution in [0, 0.1) is 0 Å². The number of benzene rings is 2. The Hall–Kier alpha value is -2.12. The molecule has 0 spiro atoms. The predicted molar refractivity (Wildman–Crippen MR) is 119 cm³/mol. The van der Waals surface area contributed by atoms with Crippen LogP contribution in [0.2, 0.25) is 0 Å². The molecule has 0 amide bonds. The Balaban J connectivity index is 2.07. The Labute approximate surface area is 180 Å². The van der Waals surface area contributed by atoms with Gasteiger partial charge in [0, 0.05) is 11.1 Å². The minimum absolute atomic E-state index is 0.229. The molecule has 0 bridgehead atoms. The zero-order valence-corrected chi connectivity index (χ0v) is 18.6. The quantitative estimate of drug-likeness (QED) is 0.387. The Morgan fingerprint density at radius 1 is 0.667 bits per heavy atom. The van der Waals surface area contributed by atoms with Crippen molar-refractivity contribution >= 4 is 0 Å². The van der Waals surface area contributed by atoms with Gasteiger partial charge in [-0.3, -0.25) is 0 Å². The smallest absolute Gasteiger partial charge is 0.137 e.